The molecular weight excluding hydrogens is 206 g/mol. The normalized spacial score (nSPS) is 10.8. The summed E-state index contributed by atoms with van der Waals surface area (Å²) in [5, 5.41) is 12.6. The predicted octanol–water partition coefficient (Wildman–Crippen LogP) is 1.13. The molecule has 0 amide bonds. The van der Waals surface area contributed by atoms with Crippen LogP contribution in [0.25, 0.3) is 11.0 Å². The lowest BCUT2D eigenvalue weighted by atomic mass is 10.2. The van der Waals surface area contributed by atoms with Gasteiger partial charge in [-0.15, -0.1) is 0 Å². The number of carboxylic acid groups (broad SMARTS) is 1. The van der Waals surface area contributed by atoms with E-state index in [0.717, 1.165) is 16.6 Å². The second-order valence-corrected chi connectivity index (χ2v) is 3.53. The first-order chi connectivity index (χ1) is 7.77. The third-order valence-electron chi connectivity index (χ3n) is 2.37. The summed E-state index contributed by atoms with van der Waals surface area (Å²) in [6, 6.07) is 3.88. The molecule has 0 spiro atoms. The number of nitrogens with zero attached hydrogens (tertiary/aromatic N) is 1. The van der Waals surface area contributed by atoms with Crippen LogP contribution in [0.15, 0.2) is 24.5 Å². The Labute approximate surface area is 92.5 Å². The summed E-state index contributed by atoms with van der Waals surface area (Å²) < 4.78 is 0. The SMILES string of the molecule is O=C(O)CCNCc1c[nH]c2ncccc12. The monoisotopic (exact) mass is 219 g/mol. The van der Waals surface area contributed by atoms with Crippen molar-refractivity contribution in [3.63, 3.8) is 0 Å². The van der Waals surface area contributed by atoms with Crippen LogP contribution in [0.1, 0.15) is 12.0 Å². The van der Waals surface area contributed by atoms with Crippen molar-refractivity contribution in [2.45, 2.75) is 13.0 Å². The molecule has 0 aliphatic carbocycles. The van der Waals surface area contributed by atoms with Crippen LogP contribution in [-0.2, 0) is 11.3 Å². The van der Waals surface area contributed by atoms with Gasteiger partial charge in [-0.25, -0.2) is 4.98 Å². The number of aromatic amines is 1. The van der Waals surface area contributed by atoms with Gasteiger partial charge in [-0.1, -0.05) is 0 Å². The smallest absolute Gasteiger partial charge is 0.304 e. The molecule has 0 aliphatic heterocycles. The minimum atomic E-state index is -0.784. The average molecular weight is 219 g/mol. The Bertz CT molecular complexity index is 493. The number of fused-ring (bicyclic) bond motifs is 1. The minimum absolute atomic E-state index is 0.139. The van der Waals surface area contributed by atoms with Gasteiger partial charge in [0.15, 0.2) is 0 Å². The molecule has 2 heterocycles. The Kier molecular flexibility index (Phi) is 3.16. The first-order valence-corrected chi connectivity index (χ1v) is 5.11. The Morgan fingerprint density at radius 1 is 1.56 bits per heavy atom. The Morgan fingerprint density at radius 2 is 2.44 bits per heavy atom. The molecule has 84 valence electrons. The first kappa shape index (κ1) is 10.6. The number of aliphatic carboxylic acids is 1. The molecule has 0 atom stereocenters. The largest absolute Gasteiger partial charge is 0.481 e. The van der Waals surface area contributed by atoms with Crippen molar-refractivity contribution in [3.05, 3.63) is 30.1 Å². The third-order valence-corrected chi connectivity index (χ3v) is 2.37. The van der Waals surface area contributed by atoms with Gasteiger partial charge in [0.05, 0.1) is 6.42 Å². The molecule has 2 rings (SSSR count). The molecule has 0 aliphatic rings. The molecule has 0 radical (unpaired) electrons. The molecule has 5 heteroatoms. The molecule has 0 bridgehead atoms. The number of H-pyrrole nitrogens is 1. The highest BCUT2D eigenvalue weighted by Crippen LogP contribution is 2.14. The van der Waals surface area contributed by atoms with Crippen molar-refractivity contribution in [2.75, 3.05) is 6.54 Å². The zero-order chi connectivity index (χ0) is 11.4. The van der Waals surface area contributed by atoms with Crippen LogP contribution in [0.3, 0.4) is 0 Å². The van der Waals surface area contributed by atoms with Crippen LogP contribution in [0, 0.1) is 0 Å². The van der Waals surface area contributed by atoms with Crippen LogP contribution in [0.5, 0.6) is 0 Å². The lowest BCUT2D eigenvalue weighted by Gasteiger charge is -2.01. The molecule has 0 saturated carbocycles. The number of rotatable bonds is 5. The highest BCUT2D eigenvalue weighted by atomic mass is 16.4. The van der Waals surface area contributed by atoms with Gasteiger partial charge in [0.25, 0.3) is 0 Å². The van der Waals surface area contributed by atoms with E-state index >= 15 is 0 Å². The lowest BCUT2D eigenvalue weighted by Crippen LogP contribution is -2.17. The van der Waals surface area contributed by atoms with Crippen molar-refractivity contribution in [1.82, 2.24) is 15.3 Å². The number of carbonyl (C=O) groups is 1. The maximum Gasteiger partial charge on any atom is 0.304 e. The van der Waals surface area contributed by atoms with Crippen molar-refractivity contribution in [1.29, 1.82) is 0 Å². The lowest BCUT2D eigenvalue weighted by molar-refractivity contribution is -0.136. The Hall–Kier alpha value is -1.88. The second-order valence-electron chi connectivity index (χ2n) is 3.53. The average Bonchev–Trinajstić information content (AvgIpc) is 2.68. The molecule has 0 unspecified atom stereocenters. The minimum Gasteiger partial charge on any atom is -0.481 e. The topological polar surface area (TPSA) is 78.0 Å². The Balaban J connectivity index is 1.97. The molecule has 0 fully saturated rings. The van der Waals surface area contributed by atoms with Crippen LogP contribution >= 0.6 is 0 Å². The molecule has 16 heavy (non-hydrogen) atoms. The fourth-order valence-electron chi connectivity index (χ4n) is 1.58. The highest BCUT2D eigenvalue weighted by Gasteiger charge is 2.03. The van der Waals surface area contributed by atoms with Gasteiger partial charge < -0.3 is 15.4 Å². The number of carboxylic acids is 1. The van der Waals surface area contributed by atoms with E-state index in [1.807, 2.05) is 18.3 Å². The van der Waals surface area contributed by atoms with E-state index in [0.29, 0.717) is 13.1 Å². The maximum atomic E-state index is 10.3. The molecule has 0 aromatic carbocycles. The second kappa shape index (κ2) is 4.76. The summed E-state index contributed by atoms with van der Waals surface area (Å²) in [5.41, 5.74) is 1.96. The zero-order valence-corrected chi connectivity index (χ0v) is 8.73. The number of nitrogens with one attached hydrogen (secondary N) is 2. The number of hydrogen-bond acceptors (Lipinski definition) is 3. The standard InChI is InChI=1S/C11H13N3O2/c15-10(16)3-5-12-6-8-7-14-11-9(8)2-1-4-13-11/h1-2,4,7,12H,3,5-6H2,(H,13,14)(H,15,16). The molecule has 0 saturated heterocycles. The van der Waals surface area contributed by atoms with Crippen molar-refractivity contribution < 1.29 is 9.90 Å². The van der Waals surface area contributed by atoms with Crippen molar-refractivity contribution >= 4 is 17.0 Å². The van der Waals surface area contributed by atoms with Gasteiger partial charge >= 0.3 is 5.97 Å². The van der Waals surface area contributed by atoms with E-state index in [1.54, 1.807) is 6.20 Å². The number of pyridine rings is 1. The van der Waals surface area contributed by atoms with Gasteiger partial charge in [-0.05, 0) is 17.7 Å². The third kappa shape index (κ3) is 2.38. The summed E-state index contributed by atoms with van der Waals surface area (Å²) in [6.07, 6.45) is 3.77. The molecule has 2 aromatic heterocycles. The number of hydrogen-bond donors (Lipinski definition) is 3. The van der Waals surface area contributed by atoms with E-state index in [-0.39, 0.29) is 6.42 Å². The Morgan fingerprint density at radius 3 is 3.25 bits per heavy atom. The van der Waals surface area contributed by atoms with Gasteiger partial charge in [0, 0.05) is 30.9 Å². The fraction of sp³-hybridized carbons (Fsp3) is 0.273. The maximum absolute atomic E-state index is 10.3. The summed E-state index contributed by atoms with van der Waals surface area (Å²) in [4.78, 5) is 17.6. The first-order valence-electron chi connectivity index (χ1n) is 5.11. The van der Waals surface area contributed by atoms with Crippen LogP contribution in [0.4, 0.5) is 0 Å². The van der Waals surface area contributed by atoms with Crippen LogP contribution in [0.2, 0.25) is 0 Å². The summed E-state index contributed by atoms with van der Waals surface area (Å²) in [7, 11) is 0. The molecule has 5 nitrogen and oxygen atoms in total. The van der Waals surface area contributed by atoms with Gasteiger partial charge in [0.1, 0.15) is 5.65 Å². The van der Waals surface area contributed by atoms with E-state index < -0.39 is 5.97 Å². The molecule has 2 aromatic rings. The van der Waals surface area contributed by atoms with Crippen molar-refractivity contribution in [2.24, 2.45) is 0 Å². The van der Waals surface area contributed by atoms with Crippen LogP contribution in [-0.4, -0.2) is 27.6 Å². The van der Waals surface area contributed by atoms with E-state index in [4.69, 9.17) is 5.11 Å². The highest BCUT2D eigenvalue weighted by molar-refractivity contribution is 5.79. The molecule has 3 N–H and O–H groups in total. The van der Waals surface area contributed by atoms with Crippen LogP contribution < -0.4 is 5.32 Å². The van der Waals surface area contributed by atoms with E-state index in [9.17, 15) is 4.79 Å². The number of aromatic nitrogens is 2. The summed E-state index contributed by atoms with van der Waals surface area (Å²) in [6.45, 7) is 1.13. The predicted molar refractivity (Wildman–Crippen MR) is 60.1 cm³/mol. The van der Waals surface area contributed by atoms with E-state index in [1.165, 1.54) is 0 Å². The summed E-state index contributed by atoms with van der Waals surface area (Å²) in [5.74, 6) is -0.784. The van der Waals surface area contributed by atoms with Crippen molar-refractivity contribution in [3.8, 4) is 0 Å². The fourth-order valence-corrected chi connectivity index (χ4v) is 1.58. The van der Waals surface area contributed by atoms with Gasteiger partial charge in [-0.3, -0.25) is 4.79 Å². The van der Waals surface area contributed by atoms with E-state index in [2.05, 4.69) is 15.3 Å². The van der Waals surface area contributed by atoms with Gasteiger partial charge in [0.2, 0.25) is 0 Å². The quantitative estimate of drug-likeness (QED) is 0.659. The van der Waals surface area contributed by atoms with Gasteiger partial charge in [-0.2, -0.15) is 0 Å². The molecular formula is C11H13N3O2. The summed E-state index contributed by atoms with van der Waals surface area (Å²) >= 11 is 0. The zero-order valence-electron chi connectivity index (χ0n) is 8.73.